The van der Waals surface area contributed by atoms with Crippen molar-refractivity contribution in [1.29, 1.82) is 0 Å². The van der Waals surface area contributed by atoms with Crippen LogP contribution in [0.4, 0.5) is 0 Å². The van der Waals surface area contributed by atoms with Crippen molar-refractivity contribution >= 4 is 0 Å². The van der Waals surface area contributed by atoms with Gasteiger partial charge >= 0.3 is 0 Å². The highest BCUT2D eigenvalue weighted by Crippen LogP contribution is 2.49. The second-order valence-electron chi connectivity index (χ2n) is 9.47. The molecule has 0 atom stereocenters. The first-order valence-corrected chi connectivity index (χ1v) is 9.00. The van der Waals surface area contributed by atoms with Crippen LogP contribution in [-0.2, 0) is 10.8 Å². The standard InChI is InChI=1S/C23H34O/c1-13-14(2)16(4)19(15(13)3)17-11-12-18(22(5,6)7)20(21(17)24)23(8,9)10/h11-12,19,24H,1-10H3. The Bertz CT molecular complexity index is 707. The molecule has 0 amide bonds. The van der Waals surface area contributed by atoms with Crippen molar-refractivity contribution in [1.82, 2.24) is 0 Å². The molecule has 0 saturated heterocycles. The molecule has 1 N–H and O–H groups in total. The first kappa shape index (κ1) is 18.8. The van der Waals surface area contributed by atoms with Gasteiger partial charge < -0.3 is 5.11 Å². The molecule has 0 radical (unpaired) electrons. The van der Waals surface area contributed by atoms with Crippen molar-refractivity contribution < 1.29 is 5.11 Å². The molecule has 0 aromatic heterocycles. The SMILES string of the molecule is CC1=C(C)C(c2ccc(C(C)(C)C)c(C(C)(C)C)c2O)C(C)=C1C. The highest BCUT2D eigenvalue weighted by Gasteiger charge is 2.33. The number of hydrogen-bond donors (Lipinski definition) is 1. The summed E-state index contributed by atoms with van der Waals surface area (Å²) in [4.78, 5) is 0. The maximum absolute atomic E-state index is 11.3. The topological polar surface area (TPSA) is 20.2 Å². The van der Waals surface area contributed by atoms with E-state index in [9.17, 15) is 5.11 Å². The Balaban J connectivity index is 2.77. The van der Waals surface area contributed by atoms with Crippen molar-refractivity contribution in [2.75, 3.05) is 0 Å². The summed E-state index contributed by atoms with van der Waals surface area (Å²) in [7, 11) is 0. The Morgan fingerprint density at radius 3 is 1.58 bits per heavy atom. The average molecular weight is 327 g/mol. The third-order valence-corrected chi connectivity index (χ3v) is 5.69. The predicted molar refractivity (Wildman–Crippen MR) is 105 cm³/mol. The van der Waals surface area contributed by atoms with Crippen LogP contribution < -0.4 is 0 Å². The Hall–Kier alpha value is -1.50. The van der Waals surface area contributed by atoms with Crippen molar-refractivity contribution in [3.8, 4) is 5.75 Å². The molecule has 1 aromatic rings. The zero-order valence-corrected chi connectivity index (χ0v) is 17.2. The number of rotatable bonds is 1. The molecule has 24 heavy (non-hydrogen) atoms. The van der Waals surface area contributed by atoms with E-state index in [-0.39, 0.29) is 16.7 Å². The molecule has 0 fully saturated rings. The summed E-state index contributed by atoms with van der Waals surface area (Å²) >= 11 is 0. The summed E-state index contributed by atoms with van der Waals surface area (Å²) in [5.41, 5.74) is 8.77. The molecule has 0 heterocycles. The molecule has 0 unspecified atom stereocenters. The van der Waals surface area contributed by atoms with Crippen LogP contribution in [-0.4, -0.2) is 5.11 Å². The first-order valence-electron chi connectivity index (χ1n) is 9.00. The molecule has 1 aromatic carbocycles. The lowest BCUT2D eigenvalue weighted by atomic mass is 9.72. The van der Waals surface area contributed by atoms with Gasteiger partial charge in [0.05, 0.1) is 0 Å². The van der Waals surface area contributed by atoms with E-state index in [2.05, 4.69) is 81.4 Å². The van der Waals surface area contributed by atoms with Gasteiger partial charge in [0.2, 0.25) is 0 Å². The minimum Gasteiger partial charge on any atom is -0.507 e. The van der Waals surface area contributed by atoms with E-state index in [0.29, 0.717) is 5.75 Å². The molecule has 1 nitrogen and oxygen atoms in total. The van der Waals surface area contributed by atoms with E-state index in [1.54, 1.807) is 0 Å². The molecule has 0 aliphatic heterocycles. The molecular formula is C23H34O. The Morgan fingerprint density at radius 1 is 0.750 bits per heavy atom. The van der Waals surface area contributed by atoms with Gasteiger partial charge in [-0.15, -0.1) is 0 Å². The number of hydrogen-bond acceptors (Lipinski definition) is 1. The van der Waals surface area contributed by atoms with Gasteiger partial charge in [0, 0.05) is 17.0 Å². The van der Waals surface area contributed by atoms with Crippen molar-refractivity contribution in [2.24, 2.45) is 0 Å². The number of benzene rings is 1. The van der Waals surface area contributed by atoms with E-state index in [0.717, 1.165) is 11.1 Å². The lowest BCUT2D eigenvalue weighted by Gasteiger charge is -2.33. The van der Waals surface area contributed by atoms with Crippen LogP contribution >= 0.6 is 0 Å². The van der Waals surface area contributed by atoms with Crippen LogP contribution in [0.25, 0.3) is 0 Å². The van der Waals surface area contributed by atoms with Gasteiger partial charge in [-0.05, 0) is 55.2 Å². The summed E-state index contributed by atoms with van der Waals surface area (Å²) in [6.07, 6.45) is 0. The van der Waals surface area contributed by atoms with Crippen LogP contribution in [0.2, 0.25) is 0 Å². The fourth-order valence-corrected chi connectivity index (χ4v) is 4.04. The second-order valence-corrected chi connectivity index (χ2v) is 9.47. The van der Waals surface area contributed by atoms with Crippen molar-refractivity contribution in [2.45, 2.75) is 86.0 Å². The van der Waals surface area contributed by atoms with E-state index < -0.39 is 0 Å². The van der Waals surface area contributed by atoms with Crippen LogP contribution in [0.5, 0.6) is 5.75 Å². The number of phenolic OH excluding ortho intramolecular Hbond substituents is 1. The van der Waals surface area contributed by atoms with Gasteiger partial charge in [-0.2, -0.15) is 0 Å². The molecule has 0 saturated carbocycles. The van der Waals surface area contributed by atoms with Crippen molar-refractivity contribution in [3.63, 3.8) is 0 Å². The van der Waals surface area contributed by atoms with E-state index >= 15 is 0 Å². The Kier molecular flexibility index (Phi) is 4.54. The summed E-state index contributed by atoms with van der Waals surface area (Å²) in [6, 6.07) is 4.38. The van der Waals surface area contributed by atoms with Crippen LogP contribution in [0, 0.1) is 0 Å². The highest BCUT2D eigenvalue weighted by molar-refractivity contribution is 5.60. The Morgan fingerprint density at radius 2 is 1.21 bits per heavy atom. The van der Waals surface area contributed by atoms with E-state index in [1.165, 1.54) is 27.9 Å². The fourth-order valence-electron chi connectivity index (χ4n) is 4.04. The molecule has 132 valence electrons. The number of aromatic hydroxyl groups is 1. The van der Waals surface area contributed by atoms with Crippen LogP contribution in [0.3, 0.4) is 0 Å². The smallest absolute Gasteiger partial charge is 0.123 e. The first-order chi connectivity index (χ1) is 10.8. The van der Waals surface area contributed by atoms with Gasteiger partial charge in [0.15, 0.2) is 0 Å². The van der Waals surface area contributed by atoms with Gasteiger partial charge in [0.1, 0.15) is 5.75 Å². The summed E-state index contributed by atoms with van der Waals surface area (Å²) in [6.45, 7) is 22.0. The lowest BCUT2D eigenvalue weighted by Crippen LogP contribution is -2.23. The Labute approximate surface area is 148 Å². The van der Waals surface area contributed by atoms with E-state index in [1.807, 2.05) is 0 Å². The summed E-state index contributed by atoms with van der Waals surface area (Å²) in [5.74, 6) is 0.696. The fraction of sp³-hybridized carbons (Fsp3) is 0.565. The third-order valence-electron chi connectivity index (χ3n) is 5.69. The largest absolute Gasteiger partial charge is 0.507 e. The molecule has 2 rings (SSSR count). The zero-order valence-electron chi connectivity index (χ0n) is 17.2. The molecule has 0 bridgehead atoms. The maximum Gasteiger partial charge on any atom is 0.123 e. The maximum atomic E-state index is 11.3. The quantitative estimate of drug-likeness (QED) is 0.604. The highest BCUT2D eigenvalue weighted by atomic mass is 16.3. The molecule has 1 heteroatoms. The predicted octanol–water partition coefficient (Wildman–Crippen LogP) is 6.76. The molecule has 1 aliphatic rings. The van der Waals surface area contributed by atoms with Crippen LogP contribution in [0.1, 0.15) is 91.8 Å². The summed E-state index contributed by atoms with van der Waals surface area (Å²) < 4.78 is 0. The third kappa shape index (κ3) is 2.94. The second kappa shape index (κ2) is 5.79. The van der Waals surface area contributed by atoms with Gasteiger partial charge in [-0.1, -0.05) is 64.8 Å². The molecule has 0 spiro atoms. The number of allylic oxidation sites excluding steroid dienone is 4. The normalized spacial score (nSPS) is 17.2. The molecular weight excluding hydrogens is 292 g/mol. The minimum atomic E-state index is -0.0966. The minimum absolute atomic E-state index is 0.00982. The van der Waals surface area contributed by atoms with Crippen LogP contribution in [0.15, 0.2) is 34.4 Å². The van der Waals surface area contributed by atoms with Crippen molar-refractivity contribution in [3.05, 3.63) is 51.1 Å². The monoisotopic (exact) mass is 326 g/mol. The van der Waals surface area contributed by atoms with Gasteiger partial charge in [-0.3, -0.25) is 0 Å². The van der Waals surface area contributed by atoms with E-state index in [4.69, 9.17) is 0 Å². The summed E-state index contributed by atoms with van der Waals surface area (Å²) in [5, 5.41) is 11.3. The zero-order chi connectivity index (χ0) is 18.6. The average Bonchev–Trinajstić information content (AvgIpc) is 2.61. The van der Waals surface area contributed by atoms with Gasteiger partial charge in [0.25, 0.3) is 0 Å². The molecule has 1 aliphatic carbocycles. The van der Waals surface area contributed by atoms with Gasteiger partial charge in [-0.25, -0.2) is 0 Å². The number of phenols is 1. The lowest BCUT2D eigenvalue weighted by molar-refractivity contribution is 0.428.